The first-order valence-electron chi connectivity index (χ1n) is 4.66. The molecule has 74 valence electrons. The first-order chi connectivity index (χ1) is 6.90. The van der Waals surface area contributed by atoms with E-state index in [1.54, 1.807) is 19.5 Å². The van der Waals surface area contributed by atoms with Gasteiger partial charge in [0.25, 0.3) is 0 Å². The van der Waals surface area contributed by atoms with Crippen LogP contribution in [0.1, 0.15) is 12.2 Å². The highest BCUT2D eigenvalue weighted by Crippen LogP contribution is 2.16. The van der Waals surface area contributed by atoms with E-state index in [9.17, 15) is 0 Å². The highest BCUT2D eigenvalue weighted by molar-refractivity contribution is 5.60. The summed E-state index contributed by atoms with van der Waals surface area (Å²) < 4.78 is 5.00. The van der Waals surface area contributed by atoms with Crippen molar-refractivity contribution in [3.63, 3.8) is 0 Å². The van der Waals surface area contributed by atoms with Gasteiger partial charge in [-0.15, -0.1) is 0 Å². The van der Waals surface area contributed by atoms with Crippen molar-refractivity contribution in [1.82, 2.24) is 15.3 Å². The van der Waals surface area contributed by atoms with Crippen molar-refractivity contribution in [1.29, 1.82) is 0 Å². The van der Waals surface area contributed by atoms with Gasteiger partial charge in [0, 0.05) is 6.54 Å². The zero-order chi connectivity index (χ0) is 9.80. The van der Waals surface area contributed by atoms with Gasteiger partial charge in [-0.2, -0.15) is 0 Å². The zero-order valence-electron chi connectivity index (χ0n) is 8.16. The SMILES string of the molecule is COc1cnc(C2=CCNCC2)nc1. The summed E-state index contributed by atoms with van der Waals surface area (Å²) in [5.74, 6) is 1.51. The third-order valence-electron chi connectivity index (χ3n) is 2.21. The molecule has 1 aromatic heterocycles. The van der Waals surface area contributed by atoms with Crippen molar-refractivity contribution in [2.75, 3.05) is 20.2 Å². The maximum absolute atomic E-state index is 5.00. The van der Waals surface area contributed by atoms with E-state index in [0.29, 0.717) is 5.75 Å². The summed E-state index contributed by atoms with van der Waals surface area (Å²) in [7, 11) is 1.61. The van der Waals surface area contributed by atoms with Crippen LogP contribution in [-0.4, -0.2) is 30.2 Å². The van der Waals surface area contributed by atoms with Gasteiger partial charge in [-0.1, -0.05) is 6.08 Å². The topological polar surface area (TPSA) is 47.0 Å². The number of hydrogen-bond donors (Lipinski definition) is 1. The van der Waals surface area contributed by atoms with Crippen LogP contribution in [0, 0.1) is 0 Å². The average Bonchev–Trinajstić information content (AvgIpc) is 2.30. The standard InChI is InChI=1S/C10H13N3O/c1-14-9-6-12-10(13-7-9)8-2-4-11-5-3-8/h2,6-7,11H,3-5H2,1H3. The van der Waals surface area contributed by atoms with Crippen molar-refractivity contribution in [3.05, 3.63) is 24.3 Å². The van der Waals surface area contributed by atoms with Crippen LogP contribution >= 0.6 is 0 Å². The maximum atomic E-state index is 5.00. The Morgan fingerprint density at radius 1 is 1.36 bits per heavy atom. The van der Waals surface area contributed by atoms with Gasteiger partial charge in [-0.05, 0) is 18.5 Å². The van der Waals surface area contributed by atoms with E-state index in [0.717, 1.165) is 25.3 Å². The van der Waals surface area contributed by atoms with Crippen molar-refractivity contribution in [2.45, 2.75) is 6.42 Å². The van der Waals surface area contributed by atoms with Gasteiger partial charge in [0.1, 0.15) is 0 Å². The Hall–Kier alpha value is -1.42. The second-order valence-electron chi connectivity index (χ2n) is 3.13. The lowest BCUT2D eigenvalue weighted by Crippen LogP contribution is -2.20. The first-order valence-corrected chi connectivity index (χ1v) is 4.66. The number of nitrogens with zero attached hydrogens (tertiary/aromatic N) is 2. The van der Waals surface area contributed by atoms with E-state index in [4.69, 9.17) is 4.74 Å². The summed E-state index contributed by atoms with van der Waals surface area (Å²) >= 11 is 0. The van der Waals surface area contributed by atoms with Crippen LogP contribution in [-0.2, 0) is 0 Å². The van der Waals surface area contributed by atoms with Crippen LogP contribution in [0.3, 0.4) is 0 Å². The minimum Gasteiger partial charge on any atom is -0.494 e. The van der Waals surface area contributed by atoms with Gasteiger partial charge in [-0.25, -0.2) is 9.97 Å². The largest absolute Gasteiger partial charge is 0.494 e. The van der Waals surface area contributed by atoms with E-state index in [1.807, 2.05) is 0 Å². The fraction of sp³-hybridized carbons (Fsp3) is 0.400. The summed E-state index contributed by atoms with van der Waals surface area (Å²) in [6.45, 7) is 1.91. The fourth-order valence-corrected chi connectivity index (χ4v) is 1.41. The molecule has 1 N–H and O–H groups in total. The summed E-state index contributed by atoms with van der Waals surface area (Å²) in [4.78, 5) is 8.48. The van der Waals surface area contributed by atoms with Crippen molar-refractivity contribution in [3.8, 4) is 5.75 Å². The molecule has 0 radical (unpaired) electrons. The zero-order valence-corrected chi connectivity index (χ0v) is 8.16. The van der Waals surface area contributed by atoms with Crippen LogP contribution in [0.25, 0.3) is 5.57 Å². The molecule has 0 bridgehead atoms. The summed E-state index contributed by atoms with van der Waals surface area (Å²) in [5.41, 5.74) is 1.21. The second-order valence-corrected chi connectivity index (χ2v) is 3.13. The van der Waals surface area contributed by atoms with Crippen LogP contribution < -0.4 is 10.1 Å². The molecule has 0 fully saturated rings. The van der Waals surface area contributed by atoms with Crippen molar-refractivity contribution < 1.29 is 4.74 Å². The molecule has 4 heteroatoms. The molecular formula is C10H13N3O. The Morgan fingerprint density at radius 2 is 2.14 bits per heavy atom. The van der Waals surface area contributed by atoms with Gasteiger partial charge in [0.2, 0.25) is 0 Å². The maximum Gasteiger partial charge on any atom is 0.155 e. The molecule has 0 saturated heterocycles. The molecule has 0 unspecified atom stereocenters. The highest BCUT2D eigenvalue weighted by Gasteiger charge is 2.07. The van der Waals surface area contributed by atoms with Gasteiger partial charge in [0.05, 0.1) is 19.5 Å². The molecule has 0 spiro atoms. The molecule has 0 aromatic carbocycles. The van der Waals surface area contributed by atoms with E-state index >= 15 is 0 Å². The molecule has 2 heterocycles. The molecule has 0 aliphatic carbocycles. The Balaban J connectivity index is 2.19. The smallest absolute Gasteiger partial charge is 0.155 e. The van der Waals surface area contributed by atoms with E-state index in [1.165, 1.54) is 5.57 Å². The minimum absolute atomic E-state index is 0.697. The quantitative estimate of drug-likeness (QED) is 0.753. The monoisotopic (exact) mass is 191 g/mol. The van der Waals surface area contributed by atoms with Crippen molar-refractivity contribution in [2.24, 2.45) is 0 Å². The molecule has 1 aromatic rings. The number of methoxy groups -OCH3 is 1. The lowest BCUT2D eigenvalue weighted by molar-refractivity contribution is 0.410. The van der Waals surface area contributed by atoms with Crippen LogP contribution in [0.15, 0.2) is 18.5 Å². The Kier molecular flexibility index (Phi) is 2.74. The highest BCUT2D eigenvalue weighted by atomic mass is 16.5. The molecule has 1 aliphatic heterocycles. The number of rotatable bonds is 2. The minimum atomic E-state index is 0.697. The first kappa shape index (κ1) is 9.15. The third kappa shape index (κ3) is 1.90. The van der Waals surface area contributed by atoms with E-state index in [-0.39, 0.29) is 0 Å². The van der Waals surface area contributed by atoms with E-state index in [2.05, 4.69) is 21.4 Å². The number of hydrogen-bond acceptors (Lipinski definition) is 4. The van der Waals surface area contributed by atoms with Crippen LogP contribution in [0.2, 0.25) is 0 Å². The van der Waals surface area contributed by atoms with Gasteiger partial charge in [0.15, 0.2) is 11.6 Å². The predicted molar refractivity (Wildman–Crippen MR) is 54.0 cm³/mol. The molecule has 14 heavy (non-hydrogen) atoms. The summed E-state index contributed by atoms with van der Waals surface area (Å²) in [6, 6.07) is 0. The van der Waals surface area contributed by atoms with Crippen LogP contribution in [0.5, 0.6) is 5.75 Å². The summed E-state index contributed by atoms with van der Waals surface area (Å²) in [6.07, 6.45) is 6.52. The normalized spacial score (nSPS) is 16.2. The van der Waals surface area contributed by atoms with Gasteiger partial charge in [-0.3, -0.25) is 0 Å². The fourth-order valence-electron chi connectivity index (χ4n) is 1.41. The third-order valence-corrected chi connectivity index (χ3v) is 2.21. The lowest BCUT2D eigenvalue weighted by Gasteiger charge is -2.12. The van der Waals surface area contributed by atoms with Crippen LogP contribution in [0.4, 0.5) is 0 Å². The summed E-state index contributed by atoms with van der Waals surface area (Å²) in [5, 5.41) is 3.25. The number of aromatic nitrogens is 2. The molecule has 0 atom stereocenters. The second kappa shape index (κ2) is 4.19. The molecule has 0 saturated carbocycles. The van der Waals surface area contributed by atoms with Gasteiger partial charge < -0.3 is 10.1 Å². The predicted octanol–water partition coefficient (Wildman–Crippen LogP) is 0.862. The number of ether oxygens (including phenoxy) is 1. The average molecular weight is 191 g/mol. The Labute approximate surface area is 83.0 Å². The van der Waals surface area contributed by atoms with Gasteiger partial charge >= 0.3 is 0 Å². The molecule has 2 rings (SSSR count). The molecule has 1 aliphatic rings. The Bertz CT molecular complexity index is 332. The molecule has 4 nitrogen and oxygen atoms in total. The van der Waals surface area contributed by atoms with E-state index < -0.39 is 0 Å². The Morgan fingerprint density at radius 3 is 2.71 bits per heavy atom. The molecular weight excluding hydrogens is 178 g/mol. The van der Waals surface area contributed by atoms with Crippen molar-refractivity contribution >= 4 is 5.57 Å². The molecule has 0 amide bonds. The lowest BCUT2D eigenvalue weighted by atomic mass is 10.1. The number of nitrogens with one attached hydrogen (secondary N) is 1.